The van der Waals surface area contributed by atoms with Crippen molar-refractivity contribution in [2.24, 2.45) is 7.05 Å². The number of likely N-dealkylation sites (tertiary alicyclic amines) is 1. The Kier molecular flexibility index (Phi) is 7.34. The highest BCUT2D eigenvalue weighted by molar-refractivity contribution is 5.60. The number of ether oxygens (including phenoxy) is 2. The molecule has 1 unspecified atom stereocenters. The Balaban J connectivity index is 1.38. The summed E-state index contributed by atoms with van der Waals surface area (Å²) in [6.07, 6.45) is 4.02. The highest BCUT2D eigenvalue weighted by Gasteiger charge is 2.48. The fraction of sp³-hybridized carbons (Fsp3) is 0.394. The monoisotopic (exact) mass is 537 g/mol. The minimum Gasteiger partial charge on any atom is -0.497 e. The fourth-order valence-corrected chi connectivity index (χ4v) is 6.68. The maximum atomic E-state index is 6.57. The van der Waals surface area contributed by atoms with Crippen molar-refractivity contribution in [3.8, 4) is 5.75 Å². The molecule has 208 valence electrons. The van der Waals surface area contributed by atoms with Gasteiger partial charge >= 0.3 is 0 Å². The van der Waals surface area contributed by atoms with Gasteiger partial charge in [-0.25, -0.2) is 0 Å². The van der Waals surface area contributed by atoms with E-state index in [1.807, 2.05) is 23.9 Å². The van der Waals surface area contributed by atoms with E-state index in [-0.39, 0.29) is 11.5 Å². The predicted molar refractivity (Wildman–Crippen MR) is 157 cm³/mol. The van der Waals surface area contributed by atoms with E-state index in [2.05, 4.69) is 101 Å². The zero-order valence-corrected chi connectivity index (χ0v) is 24.0. The number of anilines is 1. The van der Waals surface area contributed by atoms with Crippen LogP contribution in [0.2, 0.25) is 0 Å². The number of piperidine rings is 1. The average molecular weight is 538 g/mol. The first-order valence-electron chi connectivity index (χ1n) is 14.2. The van der Waals surface area contributed by atoms with Crippen LogP contribution in [0.1, 0.15) is 53.8 Å². The van der Waals surface area contributed by atoms with E-state index in [9.17, 15) is 0 Å². The number of fused-ring (bicyclic) bond motifs is 2. The summed E-state index contributed by atoms with van der Waals surface area (Å²) in [5.41, 5.74) is 7.35. The molecule has 0 bridgehead atoms. The molecule has 1 spiro atoms. The van der Waals surface area contributed by atoms with Crippen molar-refractivity contribution in [1.82, 2.24) is 19.9 Å². The molecule has 1 fully saturated rings. The summed E-state index contributed by atoms with van der Waals surface area (Å²) in [6.45, 7) is 7.44. The molecule has 0 amide bonds. The van der Waals surface area contributed by atoms with Gasteiger partial charge in [-0.2, -0.15) is 0 Å². The summed E-state index contributed by atoms with van der Waals surface area (Å²) in [5, 5.41) is 8.96. The van der Waals surface area contributed by atoms with Crippen molar-refractivity contribution in [1.29, 1.82) is 0 Å². The van der Waals surface area contributed by atoms with Crippen molar-refractivity contribution in [3.05, 3.63) is 107 Å². The Labute approximate surface area is 237 Å². The molecule has 40 heavy (non-hydrogen) atoms. The smallest absolute Gasteiger partial charge is 0.119 e. The maximum absolute atomic E-state index is 6.57. The SMILES string of the molecule is COc1ccc(CN2COCC3(C[C@H](C)N(Cc4ccccc4)[C@H](c4cn(C)nn4)C3)c3ccc(C)cc32)cc1. The second kappa shape index (κ2) is 11.1. The molecule has 1 saturated heterocycles. The minimum absolute atomic E-state index is 0.128. The number of hydrogen-bond acceptors (Lipinski definition) is 6. The van der Waals surface area contributed by atoms with Crippen LogP contribution >= 0.6 is 0 Å². The molecule has 0 aliphatic carbocycles. The van der Waals surface area contributed by atoms with Gasteiger partial charge in [0.25, 0.3) is 0 Å². The Morgan fingerprint density at radius 1 is 0.975 bits per heavy atom. The number of benzene rings is 3. The molecule has 4 aromatic rings. The summed E-state index contributed by atoms with van der Waals surface area (Å²) in [6, 6.07) is 26.5. The van der Waals surface area contributed by atoms with Gasteiger partial charge in [0.2, 0.25) is 0 Å². The van der Waals surface area contributed by atoms with Gasteiger partial charge < -0.3 is 14.4 Å². The first-order valence-corrected chi connectivity index (χ1v) is 14.2. The van der Waals surface area contributed by atoms with E-state index in [0.717, 1.165) is 37.4 Å². The normalized spacial score (nSPS) is 23.1. The molecular weight excluding hydrogens is 498 g/mol. The van der Waals surface area contributed by atoms with E-state index in [1.165, 1.54) is 27.9 Å². The van der Waals surface area contributed by atoms with Crippen LogP contribution in [0, 0.1) is 6.92 Å². The Bertz CT molecular complexity index is 1440. The molecule has 2 aliphatic heterocycles. The first-order chi connectivity index (χ1) is 19.4. The highest BCUT2D eigenvalue weighted by Crippen LogP contribution is 2.50. The third kappa shape index (κ3) is 5.23. The number of rotatable bonds is 6. The zero-order valence-electron chi connectivity index (χ0n) is 24.0. The molecule has 1 aromatic heterocycles. The van der Waals surface area contributed by atoms with Gasteiger partial charge in [-0.15, -0.1) is 5.10 Å². The topological polar surface area (TPSA) is 55.7 Å². The van der Waals surface area contributed by atoms with E-state index >= 15 is 0 Å². The molecule has 2 aliphatic rings. The summed E-state index contributed by atoms with van der Waals surface area (Å²) >= 11 is 0. The second-order valence-corrected chi connectivity index (χ2v) is 11.6. The Morgan fingerprint density at radius 2 is 1.75 bits per heavy atom. The highest BCUT2D eigenvalue weighted by atomic mass is 16.5. The number of nitrogens with zero attached hydrogens (tertiary/aromatic N) is 5. The molecule has 7 nitrogen and oxygen atoms in total. The van der Waals surface area contributed by atoms with Crippen LogP contribution in [0.3, 0.4) is 0 Å². The van der Waals surface area contributed by atoms with Crippen LogP contribution < -0.4 is 9.64 Å². The quantitative estimate of drug-likeness (QED) is 0.310. The summed E-state index contributed by atoms with van der Waals surface area (Å²) in [4.78, 5) is 5.00. The Hall–Kier alpha value is -3.68. The first kappa shape index (κ1) is 26.5. The zero-order chi connectivity index (χ0) is 27.7. The predicted octanol–water partition coefficient (Wildman–Crippen LogP) is 5.79. The summed E-state index contributed by atoms with van der Waals surface area (Å²) in [5.74, 6) is 0.873. The lowest BCUT2D eigenvalue weighted by Crippen LogP contribution is -2.51. The van der Waals surface area contributed by atoms with E-state index in [4.69, 9.17) is 9.47 Å². The summed E-state index contributed by atoms with van der Waals surface area (Å²) in [7, 11) is 3.65. The second-order valence-electron chi connectivity index (χ2n) is 11.6. The molecule has 0 radical (unpaired) electrons. The lowest BCUT2D eigenvalue weighted by atomic mass is 9.67. The van der Waals surface area contributed by atoms with Crippen LogP contribution in [0.25, 0.3) is 0 Å². The van der Waals surface area contributed by atoms with Gasteiger partial charge in [-0.3, -0.25) is 9.58 Å². The molecule has 6 rings (SSSR count). The standard InChI is InChI=1S/C33H39N5O2/c1-24-10-15-29-31(16-24)37(19-27-11-13-28(39-4)14-12-27)23-40-22-33(29)17-25(2)38(20-26-8-6-5-7-9-26)32(18-33)30-21-36(3)35-34-30/h5-16,21,25,32H,17-20,22-23H2,1-4H3/t25-,32-,33?/m0/s1. The van der Waals surface area contributed by atoms with Gasteiger partial charge in [0.05, 0.1) is 25.5 Å². The molecule has 3 heterocycles. The van der Waals surface area contributed by atoms with Crippen molar-refractivity contribution < 1.29 is 9.47 Å². The van der Waals surface area contributed by atoms with Crippen LogP contribution in [-0.4, -0.2) is 46.4 Å². The number of aromatic nitrogens is 3. The van der Waals surface area contributed by atoms with Gasteiger partial charge in [0, 0.05) is 43.5 Å². The van der Waals surface area contributed by atoms with Gasteiger partial charge in [-0.05, 0) is 67.1 Å². The van der Waals surface area contributed by atoms with Crippen LogP contribution in [0.5, 0.6) is 5.75 Å². The average Bonchev–Trinajstić information content (AvgIpc) is 3.35. The molecule has 0 saturated carbocycles. The van der Waals surface area contributed by atoms with Crippen molar-refractivity contribution in [2.75, 3.05) is 25.3 Å². The molecule has 0 N–H and O–H groups in total. The largest absolute Gasteiger partial charge is 0.497 e. The lowest BCUT2D eigenvalue weighted by molar-refractivity contribution is -0.00761. The fourth-order valence-electron chi connectivity index (χ4n) is 6.68. The summed E-state index contributed by atoms with van der Waals surface area (Å²) < 4.78 is 13.8. The van der Waals surface area contributed by atoms with Crippen LogP contribution in [0.15, 0.2) is 79.0 Å². The van der Waals surface area contributed by atoms with Crippen LogP contribution in [0.4, 0.5) is 5.69 Å². The third-order valence-corrected chi connectivity index (χ3v) is 8.63. The van der Waals surface area contributed by atoms with E-state index in [0.29, 0.717) is 19.4 Å². The van der Waals surface area contributed by atoms with E-state index in [1.54, 1.807) is 7.11 Å². The number of aryl methyl sites for hydroxylation is 2. The van der Waals surface area contributed by atoms with Gasteiger partial charge in [0.15, 0.2) is 0 Å². The molecular formula is C33H39N5O2. The number of hydrogen-bond donors (Lipinski definition) is 0. The van der Waals surface area contributed by atoms with Gasteiger partial charge in [-0.1, -0.05) is 59.8 Å². The molecule has 3 atom stereocenters. The van der Waals surface area contributed by atoms with Crippen molar-refractivity contribution in [3.63, 3.8) is 0 Å². The van der Waals surface area contributed by atoms with Crippen molar-refractivity contribution >= 4 is 5.69 Å². The molecule has 3 aromatic carbocycles. The van der Waals surface area contributed by atoms with Gasteiger partial charge in [0.1, 0.15) is 12.5 Å². The van der Waals surface area contributed by atoms with Crippen LogP contribution in [-0.2, 0) is 30.3 Å². The maximum Gasteiger partial charge on any atom is 0.119 e. The molecule has 7 heteroatoms. The third-order valence-electron chi connectivity index (χ3n) is 8.63. The number of methoxy groups -OCH3 is 1. The lowest BCUT2D eigenvalue weighted by Gasteiger charge is -2.50. The minimum atomic E-state index is -0.132. The van der Waals surface area contributed by atoms with Crippen molar-refractivity contribution in [2.45, 2.75) is 57.3 Å². The van der Waals surface area contributed by atoms with E-state index < -0.39 is 0 Å². The Morgan fingerprint density at radius 3 is 2.48 bits per heavy atom.